The van der Waals surface area contributed by atoms with Crippen molar-refractivity contribution in [1.82, 2.24) is 4.98 Å². The van der Waals surface area contributed by atoms with Gasteiger partial charge < -0.3 is 5.32 Å². The number of hydrogen-bond donors (Lipinski definition) is 1. The Labute approximate surface area is 103 Å². The molecule has 0 aliphatic rings. The molecule has 0 atom stereocenters. The van der Waals surface area contributed by atoms with Gasteiger partial charge in [-0.25, -0.2) is 0 Å². The summed E-state index contributed by atoms with van der Waals surface area (Å²) >= 11 is 0. The normalized spacial score (nSPS) is 10.6. The van der Waals surface area contributed by atoms with E-state index in [0.29, 0.717) is 0 Å². The number of anilines is 1. The van der Waals surface area contributed by atoms with Crippen molar-refractivity contribution >= 4 is 16.6 Å². The smallest absolute Gasteiger partial charge is 0.0703 e. The Morgan fingerprint density at radius 1 is 1.12 bits per heavy atom. The van der Waals surface area contributed by atoms with Gasteiger partial charge in [0, 0.05) is 23.8 Å². The van der Waals surface area contributed by atoms with Crippen molar-refractivity contribution in [3.8, 4) is 0 Å². The average Bonchev–Trinajstić information content (AvgIpc) is 2.38. The zero-order valence-corrected chi connectivity index (χ0v) is 10.4. The molecule has 0 amide bonds. The van der Waals surface area contributed by atoms with Crippen molar-refractivity contribution in [2.24, 2.45) is 0 Å². The van der Waals surface area contributed by atoms with E-state index in [2.05, 4.69) is 41.5 Å². The molecule has 90 valence electrons. The van der Waals surface area contributed by atoms with Crippen molar-refractivity contribution < 1.29 is 0 Å². The van der Waals surface area contributed by atoms with Gasteiger partial charge in [0.05, 0.1) is 5.52 Å². The minimum atomic E-state index is 1.06. The summed E-state index contributed by atoms with van der Waals surface area (Å²) < 4.78 is 0. The minimum Gasteiger partial charge on any atom is -0.385 e. The third kappa shape index (κ3) is 3.45. The molecular weight excluding hydrogens is 208 g/mol. The lowest BCUT2D eigenvalue weighted by molar-refractivity contribution is 0.685. The molecule has 1 aromatic carbocycles. The van der Waals surface area contributed by atoms with Crippen LogP contribution in [0.15, 0.2) is 36.5 Å². The molecule has 2 heteroatoms. The molecule has 2 aromatic rings. The van der Waals surface area contributed by atoms with Crippen molar-refractivity contribution in [3.63, 3.8) is 0 Å². The second kappa shape index (κ2) is 6.24. The van der Waals surface area contributed by atoms with Crippen LogP contribution in [0, 0.1) is 0 Å². The van der Waals surface area contributed by atoms with Crippen LogP contribution in [-0.2, 0) is 0 Å². The average molecular weight is 228 g/mol. The van der Waals surface area contributed by atoms with Crippen molar-refractivity contribution in [2.75, 3.05) is 11.9 Å². The number of hydrogen-bond acceptors (Lipinski definition) is 2. The highest BCUT2D eigenvalue weighted by Crippen LogP contribution is 2.16. The zero-order chi connectivity index (χ0) is 11.9. The maximum atomic E-state index is 4.32. The second-order valence-electron chi connectivity index (χ2n) is 4.40. The Hall–Kier alpha value is -1.57. The van der Waals surface area contributed by atoms with Crippen LogP contribution >= 0.6 is 0 Å². The molecule has 0 spiro atoms. The second-order valence-corrected chi connectivity index (χ2v) is 4.40. The lowest BCUT2D eigenvalue weighted by Crippen LogP contribution is -2.01. The molecule has 17 heavy (non-hydrogen) atoms. The molecule has 1 aromatic heterocycles. The molecule has 2 rings (SSSR count). The molecule has 0 aliphatic heterocycles. The van der Waals surface area contributed by atoms with Crippen molar-refractivity contribution in [2.45, 2.75) is 32.6 Å². The fraction of sp³-hybridized carbons (Fsp3) is 0.400. The van der Waals surface area contributed by atoms with Crippen LogP contribution in [-0.4, -0.2) is 11.5 Å². The summed E-state index contributed by atoms with van der Waals surface area (Å²) in [5.74, 6) is 0. The van der Waals surface area contributed by atoms with Crippen molar-refractivity contribution in [3.05, 3.63) is 36.5 Å². The van der Waals surface area contributed by atoms with E-state index in [0.717, 1.165) is 12.1 Å². The molecule has 0 radical (unpaired) electrons. The molecule has 0 saturated carbocycles. The van der Waals surface area contributed by atoms with Gasteiger partial charge >= 0.3 is 0 Å². The molecule has 0 unspecified atom stereocenters. The monoisotopic (exact) mass is 228 g/mol. The fourth-order valence-corrected chi connectivity index (χ4v) is 1.97. The highest BCUT2D eigenvalue weighted by molar-refractivity contribution is 5.82. The van der Waals surface area contributed by atoms with Gasteiger partial charge in [-0.15, -0.1) is 0 Å². The van der Waals surface area contributed by atoms with Crippen LogP contribution in [0.4, 0.5) is 5.69 Å². The summed E-state index contributed by atoms with van der Waals surface area (Å²) in [6.07, 6.45) is 7.03. The van der Waals surface area contributed by atoms with E-state index < -0.39 is 0 Å². The molecule has 0 fully saturated rings. The summed E-state index contributed by atoms with van der Waals surface area (Å²) in [7, 11) is 0. The van der Waals surface area contributed by atoms with Gasteiger partial charge in [-0.1, -0.05) is 32.3 Å². The number of benzene rings is 1. The van der Waals surface area contributed by atoms with Crippen LogP contribution in [0.3, 0.4) is 0 Å². The summed E-state index contributed by atoms with van der Waals surface area (Å²) in [5, 5.41) is 4.67. The predicted molar refractivity (Wildman–Crippen MR) is 74.4 cm³/mol. The minimum absolute atomic E-state index is 1.06. The first-order valence-corrected chi connectivity index (χ1v) is 6.49. The van der Waals surface area contributed by atoms with Crippen LogP contribution in [0.2, 0.25) is 0 Å². The number of unbranched alkanes of at least 4 members (excludes halogenated alkanes) is 3. The largest absolute Gasteiger partial charge is 0.385 e. The van der Waals surface area contributed by atoms with Gasteiger partial charge in [-0.05, 0) is 30.7 Å². The summed E-state index contributed by atoms with van der Waals surface area (Å²) in [6.45, 7) is 3.30. The fourth-order valence-electron chi connectivity index (χ4n) is 1.97. The maximum absolute atomic E-state index is 4.32. The number of nitrogens with zero attached hydrogens (tertiary/aromatic N) is 1. The van der Waals surface area contributed by atoms with Gasteiger partial charge in [0.2, 0.25) is 0 Å². The topological polar surface area (TPSA) is 24.9 Å². The summed E-state index contributed by atoms with van der Waals surface area (Å²) in [4.78, 5) is 4.32. The number of fused-ring (bicyclic) bond motifs is 1. The van der Waals surface area contributed by atoms with Gasteiger partial charge in [0.15, 0.2) is 0 Å². The molecule has 1 N–H and O–H groups in total. The quantitative estimate of drug-likeness (QED) is 0.748. The molecule has 0 saturated heterocycles. The number of pyridine rings is 1. The third-order valence-electron chi connectivity index (χ3n) is 2.96. The summed E-state index contributed by atoms with van der Waals surface area (Å²) in [5.41, 5.74) is 2.26. The van der Waals surface area contributed by atoms with Gasteiger partial charge in [0.1, 0.15) is 0 Å². The summed E-state index contributed by atoms with van der Waals surface area (Å²) in [6, 6.07) is 10.4. The van der Waals surface area contributed by atoms with Crippen LogP contribution in [0.5, 0.6) is 0 Å². The van der Waals surface area contributed by atoms with E-state index in [-0.39, 0.29) is 0 Å². The maximum Gasteiger partial charge on any atom is 0.0703 e. The van der Waals surface area contributed by atoms with E-state index in [9.17, 15) is 0 Å². The number of nitrogens with one attached hydrogen (secondary N) is 1. The van der Waals surface area contributed by atoms with E-state index in [1.807, 2.05) is 12.3 Å². The first-order valence-electron chi connectivity index (χ1n) is 6.49. The van der Waals surface area contributed by atoms with E-state index in [1.54, 1.807) is 0 Å². The molecule has 0 aliphatic carbocycles. The molecular formula is C15H20N2. The standard InChI is InChI=1S/C15H20N2/c1-2-3-4-5-10-16-14-8-9-15-13(12-14)7-6-11-17-15/h6-9,11-12,16H,2-5,10H2,1H3. The Morgan fingerprint density at radius 3 is 2.94 bits per heavy atom. The molecule has 0 bridgehead atoms. The Balaban J connectivity index is 1.90. The van der Waals surface area contributed by atoms with E-state index in [4.69, 9.17) is 0 Å². The Bertz CT molecular complexity index is 465. The lowest BCUT2D eigenvalue weighted by Gasteiger charge is -2.07. The van der Waals surface area contributed by atoms with Crippen LogP contribution in [0.1, 0.15) is 32.6 Å². The highest BCUT2D eigenvalue weighted by Gasteiger charge is 1.96. The highest BCUT2D eigenvalue weighted by atomic mass is 14.9. The SMILES string of the molecule is CCCCCCNc1ccc2ncccc2c1. The third-order valence-corrected chi connectivity index (χ3v) is 2.96. The molecule has 1 heterocycles. The molecule has 2 nitrogen and oxygen atoms in total. The first kappa shape index (κ1) is 11.9. The van der Waals surface area contributed by atoms with E-state index in [1.165, 1.54) is 36.8 Å². The zero-order valence-electron chi connectivity index (χ0n) is 10.4. The van der Waals surface area contributed by atoms with E-state index >= 15 is 0 Å². The van der Waals surface area contributed by atoms with Crippen LogP contribution < -0.4 is 5.32 Å². The van der Waals surface area contributed by atoms with Crippen molar-refractivity contribution in [1.29, 1.82) is 0 Å². The van der Waals surface area contributed by atoms with Crippen LogP contribution in [0.25, 0.3) is 10.9 Å². The Kier molecular flexibility index (Phi) is 4.37. The van der Waals surface area contributed by atoms with Gasteiger partial charge in [0.25, 0.3) is 0 Å². The first-order chi connectivity index (χ1) is 8.40. The number of aromatic nitrogens is 1. The number of rotatable bonds is 6. The van der Waals surface area contributed by atoms with Gasteiger partial charge in [-0.2, -0.15) is 0 Å². The predicted octanol–water partition coefficient (Wildman–Crippen LogP) is 4.23. The lowest BCUT2D eigenvalue weighted by atomic mass is 10.2. The van der Waals surface area contributed by atoms with Gasteiger partial charge in [-0.3, -0.25) is 4.98 Å². The Morgan fingerprint density at radius 2 is 2.06 bits per heavy atom.